The molecule has 0 spiro atoms. The summed E-state index contributed by atoms with van der Waals surface area (Å²) < 4.78 is 12.8. The Labute approximate surface area is 183 Å². The van der Waals surface area contributed by atoms with Crippen molar-refractivity contribution in [2.24, 2.45) is 5.92 Å². The SMILES string of the molecule is Cc1ccccc1C1=CC=CC(OCCCBr)(OCCCN2CC[C@@H](O)C2)C1C. The van der Waals surface area contributed by atoms with Crippen molar-refractivity contribution in [3.05, 3.63) is 53.6 Å². The minimum atomic E-state index is -0.737. The lowest BCUT2D eigenvalue weighted by Gasteiger charge is -2.40. The topological polar surface area (TPSA) is 41.9 Å². The molecule has 4 nitrogen and oxygen atoms in total. The maximum Gasteiger partial charge on any atom is 0.194 e. The van der Waals surface area contributed by atoms with Gasteiger partial charge in [0.05, 0.1) is 19.3 Å². The first-order chi connectivity index (χ1) is 14.1. The molecule has 1 saturated heterocycles. The van der Waals surface area contributed by atoms with Gasteiger partial charge in [-0.15, -0.1) is 0 Å². The van der Waals surface area contributed by atoms with Crippen molar-refractivity contribution >= 4 is 21.5 Å². The van der Waals surface area contributed by atoms with Gasteiger partial charge in [-0.25, -0.2) is 0 Å². The molecule has 160 valence electrons. The molecule has 1 aromatic carbocycles. The van der Waals surface area contributed by atoms with Crippen LogP contribution in [0.5, 0.6) is 0 Å². The Hall–Kier alpha value is -0.980. The van der Waals surface area contributed by atoms with E-state index in [-0.39, 0.29) is 12.0 Å². The van der Waals surface area contributed by atoms with Crippen LogP contribution in [0.25, 0.3) is 5.57 Å². The molecule has 2 aliphatic rings. The Balaban J connectivity index is 1.67. The first kappa shape index (κ1) is 22.7. The lowest BCUT2D eigenvalue weighted by atomic mass is 9.82. The minimum absolute atomic E-state index is 0.0949. The summed E-state index contributed by atoms with van der Waals surface area (Å²) in [6.45, 7) is 8.35. The number of aliphatic hydroxyl groups excluding tert-OH is 1. The predicted molar refractivity (Wildman–Crippen MR) is 122 cm³/mol. The lowest BCUT2D eigenvalue weighted by molar-refractivity contribution is -0.222. The third-order valence-electron chi connectivity index (χ3n) is 5.93. The van der Waals surface area contributed by atoms with Crippen LogP contribution in [0.4, 0.5) is 0 Å². The number of nitrogens with zero attached hydrogens (tertiary/aromatic N) is 1. The number of hydrogen-bond acceptors (Lipinski definition) is 4. The predicted octanol–water partition coefficient (Wildman–Crippen LogP) is 4.56. The van der Waals surface area contributed by atoms with E-state index >= 15 is 0 Å². The van der Waals surface area contributed by atoms with E-state index in [1.807, 2.05) is 0 Å². The smallest absolute Gasteiger partial charge is 0.194 e. The van der Waals surface area contributed by atoms with Crippen LogP contribution >= 0.6 is 15.9 Å². The highest BCUT2D eigenvalue weighted by atomic mass is 79.9. The lowest BCUT2D eigenvalue weighted by Crippen LogP contribution is -2.43. The number of halogens is 1. The van der Waals surface area contributed by atoms with E-state index < -0.39 is 5.79 Å². The van der Waals surface area contributed by atoms with Crippen LogP contribution in [0.15, 0.2) is 42.5 Å². The quantitative estimate of drug-likeness (QED) is 0.313. The van der Waals surface area contributed by atoms with E-state index in [0.717, 1.165) is 44.2 Å². The number of alkyl halides is 1. The van der Waals surface area contributed by atoms with E-state index in [0.29, 0.717) is 13.2 Å². The highest BCUT2D eigenvalue weighted by Crippen LogP contribution is 2.40. The van der Waals surface area contributed by atoms with Gasteiger partial charge in [-0.3, -0.25) is 0 Å². The monoisotopic (exact) mass is 463 g/mol. The fraction of sp³-hybridized carbons (Fsp3) is 0.583. The van der Waals surface area contributed by atoms with E-state index in [2.05, 4.69) is 77.2 Å². The number of hydrogen-bond donors (Lipinski definition) is 1. The van der Waals surface area contributed by atoms with Gasteiger partial charge in [-0.05, 0) is 49.0 Å². The molecule has 1 aliphatic heterocycles. The second-order valence-electron chi connectivity index (χ2n) is 8.08. The first-order valence-corrected chi connectivity index (χ1v) is 11.9. The number of rotatable bonds is 10. The molecule has 5 heteroatoms. The summed E-state index contributed by atoms with van der Waals surface area (Å²) in [6.07, 6.45) is 8.93. The fourth-order valence-corrected chi connectivity index (χ4v) is 4.45. The fourth-order valence-electron chi connectivity index (χ4n) is 4.22. The molecular weight excluding hydrogens is 430 g/mol. The van der Waals surface area contributed by atoms with Crippen LogP contribution in [0.1, 0.15) is 37.3 Å². The summed E-state index contributed by atoms with van der Waals surface area (Å²) in [4.78, 5) is 2.31. The zero-order valence-corrected chi connectivity index (χ0v) is 19.2. The maximum atomic E-state index is 9.70. The van der Waals surface area contributed by atoms with Crippen LogP contribution in [0.2, 0.25) is 0 Å². The standard InChI is InChI=1S/C24H34BrNO3/c1-19-8-3-4-9-22(19)23-10-5-12-24(20(23)2,28-16-6-13-25)29-17-7-14-26-15-11-21(27)18-26/h3-5,8-10,12,20-21,27H,6-7,11,13-18H2,1-2H3/t20?,21-,24?/m1/s1. The Bertz CT molecular complexity index is 720. The van der Waals surface area contributed by atoms with E-state index in [9.17, 15) is 5.11 Å². The molecule has 0 radical (unpaired) electrons. The van der Waals surface area contributed by atoms with Crippen LogP contribution in [-0.4, -0.2) is 60.1 Å². The van der Waals surface area contributed by atoms with E-state index in [4.69, 9.17) is 9.47 Å². The van der Waals surface area contributed by atoms with Crippen LogP contribution < -0.4 is 0 Å². The number of ether oxygens (including phenoxy) is 2. The summed E-state index contributed by atoms with van der Waals surface area (Å²) in [5, 5.41) is 10.6. The van der Waals surface area contributed by atoms with Gasteiger partial charge in [0.25, 0.3) is 0 Å². The number of aliphatic hydroxyl groups is 1. The molecule has 0 bridgehead atoms. The van der Waals surface area contributed by atoms with Crippen LogP contribution in [0, 0.1) is 12.8 Å². The van der Waals surface area contributed by atoms with E-state index in [1.165, 1.54) is 16.7 Å². The van der Waals surface area contributed by atoms with Crippen molar-refractivity contribution in [3.63, 3.8) is 0 Å². The molecule has 1 fully saturated rings. The van der Waals surface area contributed by atoms with Crippen LogP contribution in [0.3, 0.4) is 0 Å². The average Bonchev–Trinajstić information content (AvgIpc) is 3.13. The van der Waals surface area contributed by atoms with Gasteiger partial charge in [0, 0.05) is 30.9 Å². The molecule has 1 aromatic rings. The highest BCUT2D eigenvalue weighted by Gasteiger charge is 2.40. The Kier molecular flexibility index (Phi) is 8.51. The van der Waals surface area contributed by atoms with Crippen molar-refractivity contribution in [2.75, 3.05) is 38.2 Å². The zero-order valence-electron chi connectivity index (χ0n) is 17.6. The molecule has 2 unspecified atom stereocenters. The second kappa shape index (κ2) is 10.9. The molecule has 1 N–H and O–H groups in total. The molecule has 3 rings (SSSR count). The third-order valence-corrected chi connectivity index (χ3v) is 6.49. The Morgan fingerprint density at radius 2 is 1.97 bits per heavy atom. The highest BCUT2D eigenvalue weighted by molar-refractivity contribution is 9.09. The Morgan fingerprint density at radius 3 is 2.66 bits per heavy atom. The maximum absolute atomic E-state index is 9.70. The minimum Gasteiger partial charge on any atom is -0.392 e. The molecule has 1 heterocycles. The van der Waals surface area contributed by atoms with Gasteiger partial charge < -0.3 is 19.5 Å². The van der Waals surface area contributed by atoms with Crippen molar-refractivity contribution < 1.29 is 14.6 Å². The summed E-state index contributed by atoms with van der Waals surface area (Å²) in [5.41, 5.74) is 3.78. The number of likely N-dealkylation sites (tertiary alicyclic amines) is 1. The summed E-state index contributed by atoms with van der Waals surface area (Å²) in [7, 11) is 0. The molecule has 1 aliphatic carbocycles. The Morgan fingerprint density at radius 1 is 1.21 bits per heavy atom. The van der Waals surface area contributed by atoms with Gasteiger partial charge >= 0.3 is 0 Å². The normalized spacial score (nSPS) is 27.4. The van der Waals surface area contributed by atoms with Crippen molar-refractivity contribution in [1.29, 1.82) is 0 Å². The molecule has 29 heavy (non-hydrogen) atoms. The molecule has 0 aromatic heterocycles. The average molecular weight is 464 g/mol. The van der Waals surface area contributed by atoms with Gasteiger partial charge in [-0.2, -0.15) is 0 Å². The molecule has 0 saturated carbocycles. The van der Waals surface area contributed by atoms with Crippen molar-refractivity contribution in [3.8, 4) is 0 Å². The molecule has 3 atom stereocenters. The summed E-state index contributed by atoms with van der Waals surface area (Å²) >= 11 is 3.50. The number of benzene rings is 1. The van der Waals surface area contributed by atoms with Gasteiger partial charge in [0.1, 0.15) is 0 Å². The van der Waals surface area contributed by atoms with Gasteiger partial charge in [-0.1, -0.05) is 59.3 Å². The third kappa shape index (κ3) is 5.80. The largest absolute Gasteiger partial charge is 0.392 e. The van der Waals surface area contributed by atoms with E-state index in [1.54, 1.807) is 0 Å². The number of β-amino-alcohol motifs (C(OH)–C–C–N with tert-alkyl or cyclic N) is 1. The second-order valence-corrected chi connectivity index (χ2v) is 8.87. The molecule has 0 amide bonds. The van der Waals surface area contributed by atoms with Crippen LogP contribution in [-0.2, 0) is 9.47 Å². The summed E-state index contributed by atoms with van der Waals surface area (Å²) in [6, 6.07) is 8.50. The van der Waals surface area contributed by atoms with Gasteiger partial charge in [0.15, 0.2) is 5.79 Å². The van der Waals surface area contributed by atoms with Crippen molar-refractivity contribution in [2.45, 2.75) is 45.0 Å². The molecular formula is C24H34BrNO3. The number of aryl methyl sites for hydroxylation is 1. The van der Waals surface area contributed by atoms with Crippen molar-refractivity contribution in [1.82, 2.24) is 4.90 Å². The zero-order chi connectivity index (χ0) is 20.7. The van der Waals surface area contributed by atoms with Gasteiger partial charge in [0.2, 0.25) is 0 Å². The first-order valence-electron chi connectivity index (χ1n) is 10.8. The number of allylic oxidation sites excluding steroid dienone is 2. The summed E-state index contributed by atoms with van der Waals surface area (Å²) in [5.74, 6) is -0.642.